The second kappa shape index (κ2) is 12.6. The van der Waals surface area contributed by atoms with E-state index in [2.05, 4.69) is 5.32 Å². The van der Waals surface area contributed by atoms with E-state index in [1.165, 1.54) is 67.8 Å². The summed E-state index contributed by atoms with van der Waals surface area (Å²) in [5.74, 6) is -2.33. The lowest BCUT2D eigenvalue weighted by Crippen LogP contribution is -2.33. The Morgan fingerprint density at radius 3 is 2.42 bits per heavy atom. The lowest BCUT2D eigenvalue weighted by atomic mass is 9.92. The third kappa shape index (κ3) is 6.06. The number of aromatic hydroxyl groups is 2. The van der Waals surface area contributed by atoms with Gasteiger partial charge in [0.1, 0.15) is 5.82 Å². The van der Waals surface area contributed by atoms with Gasteiger partial charge in [0.2, 0.25) is 5.75 Å². The van der Waals surface area contributed by atoms with Crippen LogP contribution in [0.4, 0.5) is 22.0 Å². The zero-order chi connectivity index (χ0) is 32.6. The van der Waals surface area contributed by atoms with Gasteiger partial charge in [-0.1, -0.05) is 18.2 Å². The van der Waals surface area contributed by atoms with Gasteiger partial charge in [0, 0.05) is 36.4 Å². The van der Waals surface area contributed by atoms with Crippen LogP contribution in [-0.4, -0.2) is 41.3 Å². The van der Waals surface area contributed by atoms with Gasteiger partial charge in [-0.25, -0.2) is 8.78 Å². The quantitative estimate of drug-likeness (QED) is 0.140. The normalized spacial score (nSPS) is 14.4. The minimum Gasteiger partial charge on any atom is -0.504 e. The molecule has 0 saturated carbocycles. The van der Waals surface area contributed by atoms with Crippen molar-refractivity contribution in [2.75, 3.05) is 26.5 Å². The van der Waals surface area contributed by atoms with E-state index in [9.17, 15) is 28.2 Å². The molecular weight excluding hydrogens is 619 g/mol. The molecule has 7 nitrogen and oxygen atoms in total. The average molecular weight is 649 g/mol. The summed E-state index contributed by atoms with van der Waals surface area (Å²) in [6.07, 6.45) is -5.31. The van der Waals surface area contributed by atoms with E-state index >= 15 is 8.78 Å². The Labute approximate surface area is 259 Å². The number of rotatable bonds is 9. The Hall–Kier alpha value is -4.23. The van der Waals surface area contributed by atoms with Crippen molar-refractivity contribution < 1.29 is 41.6 Å². The molecule has 238 valence electrons. The number of pyridine rings is 1. The third-order valence-corrected chi connectivity index (χ3v) is 9.06. The molecule has 1 aliphatic heterocycles. The number of ether oxygens (including phenoxy) is 2. The van der Waals surface area contributed by atoms with Gasteiger partial charge in [-0.2, -0.15) is 13.2 Å². The molecule has 0 aliphatic carbocycles. The van der Waals surface area contributed by atoms with E-state index in [1.807, 2.05) is 0 Å². The molecule has 0 radical (unpaired) electrons. The van der Waals surface area contributed by atoms with Crippen molar-refractivity contribution in [2.45, 2.75) is 37.1 Å². The summed E-state index contributed by atoms with van der Waals surface area (Å²) in [5.41, 5.74) is -1.31. The maximum Gasteiger partial charge on any atom is 0.416 e. The molecule has 3 aromatic carbocycles. The van der Waals surface area contributed by atoms with Crippen molar-refractivity contribution in [3.8, 4) is 34.1 Å². The first kappa shape index (κ1) is 32.2. The lowest BCUT2D eigenvalue weighted by Gasteiger charge is -2.22. The molecule has 3 N–H and O–H groups in total. The largest absolute Gasteiger partial charge is 0.504 e. The number of phenols is 2. The Bertz CT molecular complexity index is 1830. The molecule has 0 amide bonds. The van der Waals surface area contributed by atoms with E-state index in [-0.39, 0.29) is 52.6 Å². The van der Waals surface area contributed by atoms with Gasteiger partial charge in [-0.05, 0) is 53.9 Å². The van der Waals surface area contributed by atoms with Gasteiger partial charge in [-0.3, -0.25) is 9.36 Å². The van der Waals surface area contributed by atoms with Gasteiger partial charge in [0.15, 0.2) is 23.1 Å². The third-order valence-electron chi connectivity index (χ3n) is 7.79. The zero-order valence-corrected chi connectivity index (χ0v) is 25.2. The number of fused-ring (bicyclic) bond motifs is 1. The van der Waals surface area contributed by atoms with Crippen molar-refractivity contribution in [3.63, 3.8) is 0 Å². The fourth-order valence-electron chi connectivity index (χ4n) is 5.57. The van der Waals surface area contributed by atoms with Crippen LogP contribution in [0.2, 0.25) is 0 Å². The number of thioether (sulfide) groups is 1. The van der Waals surface area contributed by atoms with Crippen molar-refractivity contribution in [1.29, 1.82) is 0 Å². The van der Waals surface area contributed by atoms with Gasteiger partial charge >= 0.3 is 6.18 Å². The van der Waals surface area contributed by atoms with Gasteiger partial charge in [0.25, 0.3) is 5.56 Å². The second-order valence-corrected chi connectivity index (χ2v) is 11.5. The minimum absolute atomic E-state index is 0.0595. The van der Waals surface area contributed by atoms with Crippen molar-refractivity contribution in [2.24, 2.45) is 0 Å². The average Bonchev–Trinajstić information content (AvgIpc) is 3.42. The monoisotopic (exact) mass is 648 g/mol. The molecule has 13 heteroatoms. The fourth-order valence-corrected chi connectivity index (χ4v) is 6.96. The van der Waals surface area contributed by atoms with E-state index in [0.29, 0.717) is 16.3 Å². The zero-order valence-electron chi connectivity index (χ0n) is 24.4. The van der Waals surface area contributed by atoms with E-state index in [1.54, 1.807) is 0 Å². The molecule has 0 saturated heterocycles. The Morgan fingerprint density at radius 1 is 1.02 bits per heavy atom. The number of hydrogen-bond donors (Lipinski definition) is 3. The molecule has 0 fully saturated rings. The number of nitrogens with one attached hydrogen (secondary N) is 1. The summed E-state index contributed by atoms with van der Waals surface area (Å²) >= 11 is 1.25. The maximum absolute atomic E-state index is 15.6. The Morgan fingerprint density at radius 2 is 1.73 bits per heavy atom. The highest BCUT2D eigenvalue weighted by Crippen LogP contribution is 2.42. The summed E-state index contributed by atoms with van der Waals surface area (Å²) in [6, 6.07) is 9.40. The highest BCUT2D eigenvalue weighted by molar-refractivity contribution is 7.99. The van der Waals surface area contributed by atoms with Crippen LogP contribution in [0, 0.1) is 18.6 Å². The van der Waals surface area contributed by atoms with Crippen LogP contribution in [0.1, 0.15) is 33.9 Å². The van der Waals surface area contributed by atoms with Crippen LogP contribution in [0.15, 0.2) is 58.4 Å². The number of halogens is 5. The van der Waals surface area contributed by atoms with E-state index < -0.39 is 52.7 Å². The van der Waals surface area contributed by atoms with Crippen LogP contribution in [0.25, 0.3) is 11.1 Å². The van der Waals surface area contributed by atoms with Crippen molar-refractivity contribution in [3.05, 3.63) is 98.3 Å². The molecule has 1 aromatic heterocycles. The number of methoxy groups -OCH3 is 2. The molecule has 0 spiro atoms. The molecule has 1 unspecified atom stereocenters. The number of benzene rings is 3. The highest BCUT2D eigenvalue weighted by Gasteiger charge is 2.36. The molecule has 0 bridgehead atoms. The molecule has 1 aliphatic rings. The molecule has 1 atom stereocenters. The summed E-state index contributed by atoms with van der Waals surface area (Å²) in [4.78, 5) is 14.1. The fraction of sp³-hybridized carbons (Fsp3) is 0.281. The topological polar surface area (TPSA) is 93.0 Å². The molecule has 2 heterocycles. The first-order valence-corrected chi connectivity index (χ1v) is 14.7. The van der Waals surface area contributed by atoms with Crippen molar-refractivity contribution in [1.82, 2.24) is 9.88 Å². The number of phenolic OH excluding ortho intramolecular Hbond substituents is 2. The Kier molecular flexibility index (Phi) is 9.04. The van der Waals surface area contributed by atoms with Crippen LogP contribution < -0.4 is 20.3 Å². The number of aromatic nitrogens is 1. The first-order chi connectivity index (χ1) is 21.4. The Balaban J connectivity index is 1.61. The van der Waals surface area contributed by atoms with Gasteiger partial charge in [0.05, 0.1) is 36.4 Å². The number of alkyl halides is 3. The first-order valence-electron chi connectivity index (χ1n) is 13.7. The van der Waals surface area contributed by atoms with Crippen LogP contribution in [-0.2, 0) is 19.1 Å². The molecule has 5 rings (SSSR count). The van der Waals surface area contributed by atoms with Crippen molar-refractivity contribution >= 4 is 11.8 Å². The van der Waals surface area contributed by atoms with Gasteiger partial charge in [-0.15, -0.1) is 11.8 Å². The molecule has 45 heavy (non-hydrogen) atoms. The second-order valence-electron chi connectivity index (χ2n) is 10.5. The smallest absolute Gasteiger partial charge is 0.416 e. The summed E-state index contributed by atoms with van der Waals surface area (Å²) < 4.78 is 84.1. The summed E-state index contributed by atoms with van der Waals surface area (Å²) in [6.45, 7) is 1.94. The summed E-state index contributed by atoms with van der Waals surface area (Å²) in [7, 11) is 2.61. The number of hydrogen-bond acceptors (Lipinski definition) is 7. The highest BCUT2D eigenvalue weighted by atomic mass is 32.2. The standard InChI is InChI=1S/C32H29F5N2O5S/c1-16-20(12-21-22(32(35,36)37)7-5-8-23(21)33)31-39(30(42)27(16)19-6-4-9-25(43-2)28(19)34)18(15-45-31)14-38-13-17-10-24(40)29(41)26(11-17)44-3/h4-11,18,38,40-41H,12-15H2,1-3H3. The SMILES string of the molecule is COc1cc(CNCC2CSc3c(Cc4c(F)cccc4C(F)(F)F)c(C)c(-c4cccc(OC)c4F)c(=O)n32)cc(O)c1O. The predicted molar refractivity (Wildman–Crippen MR) is 159 cm³/mol. The van der Waals surface area contributed by atoms with Gasteiger partial charge < -0.3 is 25.0 Å². The van der Waals surface area contributed by atoms with E-state index in [4.69, 9.17) is 9.47 Å². The lowest BCUT2D eigenvalue weighted by molar-refractivity contribution is -0.138. The minimum atomic E-state index is -4.83. The van der Waals surface area contributed by atoms with Crippen LogP contribution in [0.3, 0.4) is 0 Å². The van der Waals surface area contributed by atoms with E-state index in [0.717, 1.165) is 18.2 Å². The van der Waals surface area contributed by atoms with Crippen LogP contribution in [0.5, 0.6) is 23.0 Å². The maximum atomic E-state index is 15.6. The van der Waals surface area contributed by atoms with Crippen LogP contribution >= 0.6 is 11.8 Å². The summed E-state index contributed by atoms with van der Waals surface area (Å²) in [5, 5.41) is 23.5. The molecular formula is C32H29F5N2O5S. The molecule has 4 aromatic rings. The predicted octanol–water partition coefficient (Wildman–Crippen LogP) is 6.58. The number of nitrogens with zero attached hydrogens (tertiary/aromatic N) is 1.